The molecule has 6 heteroatoms. The molecule has 0 unspecified atom stereocenters. The minimum Gasteiger partial charge on any atom is -0.503 e. The topological polar surface area (TPSA) is 44.2 Å². The fourth-order valence-corrected chi connectivity index (χ4v) is 5.59. The molecule has 0 saturated heterocycles. The van der Waals surface area contributed by atoms with Gasteiger partial charge in [-0.15, -0.1) is 59.6 Å². The maximum absolute atomic E-state index is 6.47. The Morgan fingerprint density at radius 2 is 1.41 bits per heavy atom. The fraction of sp³-hybridized carbons (Fsp3) is 0.105. The predicted octanol–water partition coefficient (Wildman–Crippen LogP) is 7.12. The molecule has 0 aliphatic carbocycles. The standard InChI is InChI=1S/C27H21BNO2.C11H8N.Ir/c1-27(2,3)17-14-15-21(29-16-17)18-8-6-10-20-26(18)31-24-13-7-12-23-25(24)28(20)19-9-4-5-11-22(19)30-23;1-2-6-10(7-3-1)11-8-4-5-9-12-11;/h4-7,9-16H,1-3H3;1-6,8-9H;/q2*-1;. The number of aromatic nitrogens is 2. The van der Waals surface area contributed by atoms with Crippen molar-refractivity contribution in [1.82, 2.24) is 9.97 Å². The first-order valence-electron chi connectivity index (χ1n) is 14.4. The molecule has 44 heavy (non-hydrogen) atoms. The molecule has 0 spiro atoms. The summed E-state index contributed by atoms with van der Waals surface area (Å²) in [7, 11) is 0. The average molecular weight is 749 g/mol. The third-order valence-corrected chi connectivity index (χ3v) is 7.80. The van der Waals surface area contributed by atoms with Gasteiger partial charge in [-0.25, -0.2) is 0 Å². The van der Waals surface area contributed by atoms with E-state index < -0.39 is 0 Å². The molecule has 1 radical (unpaired) electrons. The van der Waals surface area contributed by atoms with Gasteiger partial charge in [-0.05, 0) is 52.1 Å². The van der Waals surface area contributed by atoms with Crippen molar-refractivity contribution in [3.8, 4) is 45.5 Å². The van der Waals surface area contributed by atoms with Crippen LogP contribution in [-0.4, -0.2) is 16.7 Å². The second-order valence-corrected chi connectivity index (χ2v) is 11.7. The molecule has 0 amide bonds. The summed E-state index contributed by atoms with van der Waals surface area (Å²) in [6, 6.07) is 42.8. The van der Waals surface area contributed by atoms with Crippen molar-refractivity contribution in [3.63, 3.8) is 0 Å². The monoisotopic (exact) mass is 749 g/mol. The van der Waals surface area contributed by atoms with E-state index in [4.69, 9.17) is 14.5 Å². The Balaban J connectivity index is 0.000000222. The molecule has 4 nitrogen and oxygen atoms in total. The van der Waals surface area contributed by atoms with Crippen molar-refractivity contribution in [3.05, 3.63) is 139 Å². The predicted molar refractivity (Wildman–Crippen MR) is 173 cm³/mol. The summed E-state index contributed by atoms with van der Waals surface area (Å²) in [5.41, 5.74) is 8.38. The summed E-state index contributed by atoms with van der Waals surface area (Å²) in [5.74, 6) is 3.41. The van der Waals surface area contributed by atoms with Crippen LogP contribution in [0.4, 0.5) is 0 Å². The summed E-state index contributed by atoms with van der Waals surface area (Å²) in [4.78, 5) is 8.99. The number of nitrogens with zero attached hydrogens (tertiary/aromatic N) is 2. The van der Waals surface area contributed by atoms with Crippen LogP contribution < -0.4 is 25.9 Å². The van der Waals surface area contributed by atoms with E-state index in [-0.39, 0.29) is 32.2 Å². The van der Waals surface area contributed by atoms with E-state index in [0.717, 1.165) is 61.9 Å². The van der Waals surface area contributed by atoms with E-state index in [1.807, 2.05) is 85.1 Å². The molecular weight excluding hydrogens is 719 g/mol. The summed E-state index contributed by atoms with van der Waals surface area (Å²) in [6.07, 6.45) is 3.75. The number of hydrogen-bond acceptors (Lipinski definition) is 4. The average Bonchev–Trinajstić information content (AvgIpc) is 3.05. The van der Waals surface area contributed by atoms with Crippen LogP contribution in [0.2, 0.25) is 0 Å². The summed E-state index contributed by atoms with van der Waals surface area (Å²) >= 11 is 0. The van der Waals surface area contributed by atoms with Crippen LogP contribution >= 0.6 is 0 Å². The summed E-state index contributed by atoms with van der Waals surface area (Å²) < 4.78 is 12.7. The molecule has 0 saturated carbocycles. The van der Waals surface area contributed by atoms with Gasteiger partial charge in [0.15, 0.2) is 0 Å². The van der Waals surface area contributed by atoms with E-state index in [9.17, 15) is 0 Å². The van der Waals surface area contributed by atoms with Crippen molar-refractivity contribution in [2.45, 2.75) is 26.2 Å². The number of benzene rings is 4. The fourth-order valence-electron chi connectivity index (χ4n) is 5.59. The normalized spacial score (nSPS) is 12.1. The van der Waals surface area contributed by atoms with Gasteiger partial charge in [0.1, 0.15) is 17.2 Å². The molecule has 4 aromatic carbocycles. The first kappa shape index (κ1) is 29.6. The largest absolute Gasteiger partial charge is 0.503 e. The minimum absolute atomic E-state index is 0. The number of fused-ring (bicyclic) bond motifs is 4. The van der Waals surface area contributed by atoms with Crippen LogP contribution in [0.5, 0.6) is 23.0 Å². The molecular formula is C38H29BIrN2O2-2. The first-order chi connectivity index (χ1) is 21.0. The number of pyridine rings is 2. The molecule has 2 aromatic heterocycles. The Morgan fingerprint density at radius 3 is 2.14 bits per heavy atom. The van der Waals surface area contributed by atoms with Crippen LogP contribution in [0.15, 0.2) is 122 Å². The Labute approximate surface area is 272 Å². The van der Waals surface area contributed by atoms with E-state index >= 15 is 0 Å². The van der Waals surface area contributed by atoms with Gasteiger partial charge in [-0.1, -0.05) is 74.9 Å². The zero-order chi connectivity index (χ0) is 29.4. The van der Waals surface area contributed by atoms with Crippen molar-refractivity contribution in [1.29, 1.82) is 0 Å². The zero-order valence-corrected chi connectivity index (χ0v) is 27.1. The van der Waals surface area contributed by atoms with Gasteiger partial charge in [-0.2, -0.15) is 0 Å². The quantitative estimate of drug-likeness (QED) is 0.140. The molecule has 0 atom stereocenters. The van der Waals surface area contributed by atoms with E-state index in [2.05, 4.69) is 68.2 Å². The molecule has 0 bridgehead atoms. The van der Waals surface area contributed by atoms with Crippen molar-refractivity contribution in [2.24, 2.45) is 0 Å². The molecule has 4 heterocycles. The van der Waals surface area contributed by atoms with Gasteiger partial charge in [-0.3, -0.25) is 0 Å². The molecule has 0 fully saturated rings. The number of rotatable bonds is 2. The Morgan fingerprint density at radius 1 is 0.636 bits per heavy atom. The Hall–Kier alpha value is -4.51. The number of hydrogen-bond donors (Lipinski definition) is 0. The van der Waals surface area contributed by atoms with Gasteiger partial charge in [0.25, 0.3) is 0 Å². The number of ether oxygens (including phenoxy) is 2. The summed E-state index contributed by atoms with van der Waals surface area (Å²) in [6.45, 7) is 6.64. The Bertz CT molecular complexity index is 1870. The van der Waals surface area contributed by atoms with Gasteiger partial charge >= 0.3 is 0 Å². The molecule has 2 aliphatic heterocycles. The third kappa shape index (κ3) is 5.59. The smallest absolute Gasteiger partial charge is 0.241 e. The third-order valence-electron chi connectivity index (χ3n) is 7.80. The van der Waals surface area contributed by atoms with E-state index in [0.29, 0.717) is 0 Å². The van der Waals surface area contributed by atoms with Crippen LogP contribution in [0.3, 0.4) is 0 Å². The zero-order valence-electron chi connectivity index (χ0n) is 24.7. The molecule has 8 rings (SSSR count). The van der Waals surface area contributed by atoms with Gasteiger partial charge < -0.3 is 19.4 Å². The molecule has 6 aromatic rings. The van der Waals surface area contributed by atoms with E-state index in [1.165, 1.54) is 5.56 Å². The van der Waals surface area contributed by atoms with Crippen molar-refractivity contribution < 1.29 is 29.6 Å². The van der Waals surface area contributed by atoms with Gasteiger partial charge in [0.05, 0.1) is 0 Å². The van der Waals surface area contributed by atoms with Crippen LogP contribution in [0, 0.1) is 12.1 Å². The maximum atomic E-state index is 6.47. The minimum atomic E-state index is 0. The van der Waals surface area contributed by atoms with E-state index in [1.54, 1.807) is 6.20 Å². The van der Waals surface area contributed by atoms with Gasteiger partial charge in [0, 0.05) is 43.7 Å². The molecule has 217 valence electrons. The molecule has 2 aliphatic rings. The second kappa shape index (κ2) is 12.2. The van der Waals surface area contributed by atoms with Crippen LogP contribution in [-0.2, 0) is 25.5 Å². The van der Waals surface area contributed by atoms with Crippen LogP contribution in [0.1, 0.15) is 26.3 Å². The number of para-hydroxylation sites is 1. The summed E-state index contributed by atoms with van der Waals surface area (Å²) in [5, 5.41) is 0. The van der Waals surface area contributed by atoms with Crippen LogP contribution in [0.25, 0.3) is 22.5 Å². The van der Waals surface area contributed by atoms with Crippen molar-refractivity contribution >= 4 is 23.1 Å². The molecule has 0 N–H and O–H groups in total. The van der Waals surface area contributed by atoms with Gasteiger partial charge in [0.2, 0.25) is 6.71 Å². The Kier molecular flexibility index (Phi) is 8.22. The van der Waals surface area contributed by atoms with Crippen molar-refractivity contribution in [2.75, 3.05) is 0 Å². The SMILES string of the molecule is CC(C)(C)c1ccc(-c2[c-]ccc3c2Oc2cccc4c2B3c2ccccc2O4)nc1.[Ir].[c-]1ccccc1-c1ccccn1. The first-order valence-corrected chi connectivity index (χ1v) is 14.4. The second-order valence-electron chi connectivity index (χ2n) is 11.7. The maximum Gasteiger partial charge on any atom is 0.241 e.